The number of rotatable bonds is 50. The van der Waals surface area contributed by atoms with E-state index in [2.05, 4.69) is 57.2 Å². The molecule has 0 N–H and O–H groups in total. The van der Waals surface area contributed by atoms with Crippen molar-refractivity contribution in [1.29, 1.82) is 0 Å². The molecule has 0 aromatic rings. The van der Waals surface area contributed by atoms with Gasteiger partial charge in [0.25, 0.3) is 0 Å². The predicted molar refractivity (Wildman–Crippen MR) is 270 cm³/mol. The first-order chi connectivity index (χ1) is 31.0. The third-order valence-electron chi connectivity index (χ3n) is 12.0. The van der Waals surface area contributed by atoms with Crippen LogP contribution in [0.5, 0.6) is 0 Å². The summed E-state index contributed by atoms with van der Waals surface area (Å²) in [5, 5.41) is 0. The van der Waals surface area contributed by atoms with Gasteiger partial charge in [0.1, 0.15) is 13.2 Å². The van der Waals surface area contributed by atoms with E-state index < -0.39 is 6.10 Å². The standard InChI is InChI=1S/C57H104O6/c1-4-7-10-13-16-19-22-23-24-25-26-27-28-29-30-31-32-33-34-35-36-39-41-44-47-50-56(59)62-53-54(63-57(60)51-48-45-42-38-21-18-15-12-9-6-3)52-61-55(58)49-46-43-40-37-20-17-14-11-8-5-2/h11-12,14-15,25-26,54H,4-10,13,16-24,27-53H2,1-3H3/b14-11-,15-12-,26-25-. The smallest absolute Gasteiger partial charge is 0.306 e. The summed E-state index contributed by atoms with van der Waals surface area (Å²) in [7, 11) is 0. The first-order valence-electron chi connectivity index (χ1n) is 27.5. The van der Waals surface area contributed by atoms with Crippen LogP contribution in [0.1, 0.15) is 290 Å². The lowest BCUT2D eigenvalue weighted by Crippen LogP contribution is -2.30. The van der Waals surface area contributed by atoms with E-state index in [1.54, 1.807) is 0 Å². The van der Waals surface area contributed by atoms with E-state index in [0.29, 0.717) is 19.3 Å². The number of esters is 3. The van der Waals surface area contributed by atoms with Crippen LogP contribution in [0.4, 0.5) is 0 Å². The van der Waals surface area contributed by atoms with Gasteiger partial charge >= 0.3 is 17.9 Å². The Labute approximate surface area is 391 Å². The van der Waals surface area contributed by atoms with Crippen LogP contribution in [-0.4, -0.2) is 37.2 Å². The van der Waals surface area contributed by atoms with Gasteiger partial charge < -0.3 is 14.2 Å². The maximum Gasteiger partial charge on any atom is 0.306 e. The molecule has 63 heavy (non-hydrogen) atoms. The fraction of sp³-hybridized carbons (Fsp3) is 0.842. The molecule has 0 aromatic heterocycles. The van der Waals surface area contributed by atoms with Gasteiger partial charge in [-0.3, -0.25) is 14.4 Å². The zero-order valence-electron chi connectivity index (χ0n) is 42.1. The van der Waals surface area contributed by atoms with Crippen molar-refractivity contribution in [2.24, 2.45) is 0 Å². The number of allylic oxidation sites excluding steroid dienone is 6. The van der Waals surface area contributed by atoms with Crippen LogP contribution in [0.2, 0.25) is 0 Å². The zero-order chi connectivity index (χ0) is 45.8. The van der Waals surface area contributed by atoms with Gasteiger partial charge in [-0.15, -0.1) is 0 Å². The number of hydrogen-bond donors (Lipinski definition) is 0. The van der Waals surface area contributed by atoms with E-state index in [0.717, 1.165) is 89.9 Å². The van der Waals surface area contributed by atoms with Gasteiger partial charge in [0.15, 0.2) is 6.10 Å². The second-order valence-corrected chi connectivity index (χ2v) is 18.5. The van der Waals surface area contributed by atoms with Crippen LogP contribution in [0.3, 0.4) is 0 Å². The Morgan fingerprint density at radius 1 is 0.302 bits per heavy atom. The average Bonchev–Trinajstić information content (AvgIpc) is 3.28. The third-order valence-corrected chi connectivity index (χ3v) is 12.0. The van der Waals surface area contributed by atoms with Gasteiger partial charge in [-0.1, -0.05) is 224 Å². The van der Waals surface area contributed by atoms with Gasteiger partial charge in [-0.2, -0.15) is 0 Å². The largest absolute Gasteiger partial charge is 0.462 e. The number of carbonyl (C=O) groups is 3. The Balaban J connectivity index is 4.11. The number of hydrogen-bond acceptors (Lipinski definition) is 6. The molecule has 0 amide bonds. The average molecular weight is 885 g/mol. The Hall–Kier alpha value is -2.37. The van der Waals surface area contributed by atoms with Gasteiger partial charge in [0, 0.05) is 19.3 Å². The quantitative estimate of drug-likeness (QED) is 0.0262. The van der Waals surface area contributed by atoms with Crippen LogP contribution >= 0.6 is 0 Å². The Morgan fingerprint density at radius 3 is 0.857 bits per heavy atom. The molecule has 6 nitrogen and oxygen atoms in total. The van der Waals surface area contributed by atoms with Crippen molar-refractivity contribution in [3.05, 3.63) is 36.5 Å². The minimum atomic E-state index is -0.775. The monoisotopic (exact) mass is 885 g/mol. The first-order valence-corrected chi connectivity index (χ1v) is 27.5. The van der Waals surface area contributed by atoms with Crippen molar-refractivity contribution in [3.8, 4) is 0 Å². The fourth-order valence-corrected chi connectivity index (χ4v) is 7.91. The molecule has 0 heterocycles. The molecule has 0 radical (unpaired) electrons. The number of carbonyl (C=O) groups excluding carboxylic acids is 3. The summed E-state index contributed by atoms with van der Waals surface area (Å²) in [6.07, 6.45) is 61.6. The summed E-state index contributed by atoms with van der Waals surface area (Å²) < 4.78 is 16.7. The van der Waals surface area contributed by atoms with Crippen molar-refractivity contribution in [1.82, 2.24) is 0 Å². The highest BCUT2D eigenvalue weighted by Gasteiger charge is 2.19. The van der Waals surface area contributed by atoms with E-state index in [4.69, 9.17) is 14.2 Å². The lowest BCUT2D eigenvalue weighted by Gasteiger charge is -2.18. The third kappa shape index (κ3) is 50.5. The molecule has 0 spiro atoms. The normalized spacial score (nSPS) is 12.2. The highest BCUT2D eigenvalue weighted by Crippen LogP contribution is 2.16. The fourth-order valence-electron chi connectivity index (χ4n) is 7.91. The predicted octanol–water partition coefficient (Wildman–Crippen LogP) is 18.1. The summed E-state index contributed by atoms with van der Waals surface area (Å²) in [4.78, 5) is 37.9. The molecule has 0 rings (SSSR count). The summed E-state index contributed by atoms with van der Waals surface area (Å²) in [5.74, 6) is -0.890. The molecule has 0 saturated carbocycles. The molecule has 0 aliphatic heterocycles. The number of unbranched alkanes of at least 4 members (excludes halogenated alkanes) is 33. The van der Waals surface area contributed by atoms with Crippen molar-refractivity contribution in [3.63, 3.8) is 0 Å². The molecule has 0 bridgehead atoms. The van der Waals surface area contributed by atoms with Gasteiger partial charge in [0.05, 0.1) is 0 Å². The molecule has 1 unspecified atom stereocenters. The molecule has 0 fully saturated rings. The second-order valence-electron chi connectivity index (χ2n) is 18.5. The zero-order valence-corrected chi connectivity index (χ0v) is 42.1. The van der Waals surface area contributed by atoms with E-state index >= 15 is 0 Å². The lowest BCUT2D eigenvalue weighted by atomic mass is 10.0. The Morgan fingerprint density at radius 2 is 0.556 bits per heavy atom. The molecule has 0 aliphatic carbocycles. The van der Waals surface area contributed by atoms with E-state index in [-0.39, 0.29) is 31.1 Å². The minimum absolute atomic E-state index is 0.0765. The maximum absolute atomic E-state index is 12.7. The summed E-state index contributed by atoms with van der Waals surface area (Å²) in [6.45, 7) is 6.52. The lowest BCUT2D eigenvalue weighted by molar-refractivity contribution is -0.167. The van der Waals surface area contributed by atoms with Crippen LogP contribution in [0, 0.1) is 0 Å². The summed E-state index contributed by atoms with van der Waals surface area (Å²) in [6, 6.07) is 0. The van der Waals surface area contributed by atoms with Crippen LogP contribution in [0.15, 0.2) is 36.5 Å². The molecular weight excluding hydrogens is 781 g/mol. The van der Waals surface area contributed by atoms with Gasteiger partial charge in [0.2, 0.25) is 0 Å². The molecule has 0 saturated heterocycles. The molecule has 1 atom stereocenters. The summed E-state index contributed by atoms with van der Waals surface area (Å²) in [5.41, 5.74) is 0. The van der Waals surface area contributed by atoms with E-state index in [9.17, 15) is 14.4 Å². The molecular formula is C57H104O6. The summed E-state index contributed by atoms with van der Waals surface area (Å²) >= 11 is 0. The van der Waals surface area contributed by atoms with E-state index in [1.165, 1.54) is 161 Å². The van der Waals surface area contributed by atoms with Crippen LogP contribution in [0.25, 0.3) is 0 Å². The van der Waals surface area contributed by atoms with Crippen LogP contribution in [-0.2, 0) is 28.6 Å². The Bertz CT molecular complexity index is 1060. The maximum atomic E-state index is 12.7. The minimum Gasteiger partial charge on any atom is -0.462 e. The molecule has 6 heteroatoms. The van der Waals surface area contributed by atoms with Crippen LogP contribution < -0.4 is 0 Å². The van der Waals surface area contributed by atoms with E-state index in [1.807, 2.05) is 0 Å². The number of ether oxygens (including phenoxy) is 3. The van der Waals surface area contributed by atoms with Gasteiger partial charge in [-0.25, -0.2) is 0 Å². The van der Waals surface area contributed by atoms with Gasteiger partial charge in [-0.05, 0) is 83.5 Å². The van der Waals surface area contributed by atoms with Crippen molar-refractivity contribution < 1.29 is 28.6 Å². The molecule has 0 aromatic carbocycles. The SMILES string of the molecule is CCC/C=C\CCCCCCCC(=O)OCC(COC(=O)CCCCCCCCCCCCCCC/C=C\CCCCCCCCCC)OC(=O)CCCCCCC/C=C\CCC. The second kappa shape index (κ2) is 52.3. The van der Waals surface area contributed by atoms with Crippen molar-refractivity contribution in [2.75, 3.05) is 13.2 Å². The highest BCUT2D eigenvalue weighted by molar-refractivity contribution is 5.71. The molecule has 368 valence electrons. The topological polar surface area (TPSA) is 78.9 Å². The van der Waals surface area contributed by atoms with Crippen molar-refractivity contribution >= 4 is 17.9 Å². The van der Waals surface area contributed by atoms with Crippen molar-refractivity contribution in [2.45, 2.75) is 297 Å². The first kappa shape index (κ1) is 60.6. The highest BCUT2D eigenvalue weighted by atomic mass is 16.6. The molecule has 0 aliphatic rings. The Kier molecular flexibility index (Phi) is 50.3.